The molecule has 0 aromatic heterocycles. The number of nitriles is 1. The average Bonchev–Trinajstić information content (AvgIpc) is 2.59. The van der Waals surface area contributed by atoms with Gasteiger partial charge in [0.25, 0.3) is 5.91 Å². The highest BCUT2D eigenvalue weighted by Crippen LogP contribution is 2.14. The van der Waals surface area contributed by atoms with Crippen molar-refractivity contribution in [3.05, 3.63) is 59.7 Å². The van der Waals surface area contributed by atoms with Crippen LogP contribution in [0.1, 0.15) is 24.5 Å². The average molecular weight is 322 g/mol. The Hall–Kier alpha value is -3.13. The molecule has 0 saturated heterocycles. The minimum atomic E-state index is -0.300. The predicted molar refractivity (Wildman–Crippen MR) is 90.7 cm³/mol. The molecule has 0 heterocycles. The fraction of sp³-hybridized carbons (Fsp3) is 0.211. The third kappa shape index (κ3) is 5.58. The number of Topliss-reactive ketones (excluding diaryl/α,β-unsaturated/α-hetero) is 1. The number of benzene rings is 2. The first-order valence-electron chi connectivity index (χ1n) is 7.58. The van der Waals surface area contributed by atoms with Crippen LogP contribution in [0.3, 0.4) is 0 Å². The van der Waals surface area contributed by atoms with Gasteiger partial charge in [0.2, 0.25) is 0 Å². The number of nitrogens with zero attached hydrogens (tertiary/aromatic N) is 1. The Labute approximate surface area is 140 Å². The molecule has 0 spiro atoms. The van der Waals surface area contributed by atoms with E-state index in [1.54, 1.807) is 43.3 Å². The summed E-state index contributed by atoms with van der Waals surface area (Å²) >= 11 is 0. The molecule has 2 aromatic rings. The van der Waals surface area contributed by atoms with Crippen molar-refractivity contribution in [3.8, 4) is 11.8 Å². The van der Waals surface area contributed by atoms with Gasteiger partial charge in [-0.25, -0.2) is 0 Å². The van der Waals surface area contributed by atoms with E-state index in [9.17, 15) is 9.59 Å². The number of carbonyl (C=O) groups excluding carboxylic acids is 2. The van der Waals surface area contributed by atoms with Crippen molar-refractivity contribution in [2.75, 3.05) is 11.9 Å². The number of hydrogen-bond donors (Lipinski definition) is 1. The summed E-state index contributed by atoms with van der Waals surface area (Å²) in [6.45, 7) is 1.45. The van der Waals surface area contributed by atoms with E-state index in [1.165, 1.54) is 0 Å². The molecule has 0 atom stereocenters. The SMILES string of the molecule is CC(=O)CCc1ccc(OCC(=O)Nc2cccc(C#N)c2)cc1. The van der Waals surface area contributed by atoms with Crippen LogP contribution in [0.2, 0.25) is 0 Å². The number of aryl methyl sites for hydroxylation is 1. The van der Waals surface area contributed by atoms with Crippen molar-refractivity contribution < 1.29 is 14.3 Å². The predicted octanol–water partition coefficient (Wildman–Crippen LogP) is 3.10. The van der Waals surface area contributed by atoms with Gasteiger partial charge in [0.15, 0.2) is 6.61 Å². The number of hydrogen-bond acceptors (Lipinski definition) is 4. The number of anilines is 1. The maximum atomic E-state index is 11.9. The first-order chi connectivity index (χ1) is 11.6. The van der Waals surface area contributed by atoms with Gasteiger partial charge in [0.05, 0.1) is 11.6 Å². The van der Waals surface area contributed by atoms with Gasteiger partial charge in [-0.3, -0.25) is 4.79 Å². The maximum absolute atomic E-state index is 11.9. The second-order valence-corrected chi connectivity index (χ2v) is 5.38. The Kier molecular flexibility index (Phi) is 6.09. The second-order valence-electron chi connectivity index (χ2n) is 5.38. The molecule has 0 aliphatic heterocycles. The number of carbonyl (C=O) groups is 2. The van der Waals surface area contributed by atoms with Gasteiger partial charge in [-0.1, -0.05) is 18.2 Å². The van der Waals surface area contributed by atoms with Crippen LogP contribution in [0.5, 0.6) is 5.75 Å². The number of nitrogens with one attached hydrogen (secondary N) is 1. The molecule has 0 bridgehead atoms. The van der Waals surface area contributed by atoms with E-state index in [0.717, 1.165) is 5.56 Å². The van der Waals surface area contributed by atoms with E-state index in [4.69, 9.17) is 10.00 Å². The summed E-state index contributed by atoms with van der Waals surface area (Å²) in [6, 6.07) is 16.0. The summed E-state index contributed by atoms with van der Waals surface area (Å²) in [5, 5.41) is 11.5. The van der Waals surface area contributed by atoms with Crippen LogP contribution in [0.4, 0.5) is 5.69 Å². The van der Waals surface area contributed by atoms with Crippen molar-refractivity contribution >= 4 is 17.4 Å². The lowest BCUT2D eigenvalue weighted by Crippen LogP contribution is -2.20. The highest BCUT2D eigenvalue weighted by Gasteiger charge is 2.05. The van der Waals surface area contributed by atoms with Crippen LogP contribution in [-0.2, 0) is 16.0 Å². The molecule has 0 aliphatic carbocycles. The second kappa shape index (κ2) is 8.49. The zero-order chi connectivity index (χ0) is 17.4. The van der Waals surface area contributed by atoms with Gasteiger partial charge in [-0.15, -0.1) is 0 Å². The van der Waals surface area contributed by atoms with Crippen LogP contribution in [0, 0.1) is 11.3 Å². The van der Waals surface area contributed by atoms with Crippen LogP contribution >= 0.6 is 0 Å². The quantitative estimate of drug-likeness (QED) is 0.849. The summed E-state index contributed by atoms with van der Waals surface area (Å²) < 4.78 is 5.43. The first kappa shape index (κ1) is 17.2. The molecule has 2 aromatic carbocycles. The fourth-order valence-corrected chi connectivity index (χ4v) is 2.09. The van der Waals surface area contributed by atoms with E-state index >= 15 is 0 Å². The van der Waals surface area contributed by atoms with Gasteiger partial charge in [0, 0.05) is 12.1 Å². The molecule has 2 rings (SSSR count). The summed E-state index contributed by atoms with van der Waals surface area (Å²) in [4.78, 5) is 22.8. The standard InChI is InChI=1S/C19H18N2O3/c1-14(22)5-6-15-7-9-18(10-8-15)24-13-19(23)21-17-4-2-3-16(11-17)12-20/h2-4,7-11H,5-6,13H2,1H3,(H,21,23). The minimum Gasteiger partial charge on any atom is -0.484 e. The highest BCUT2D eigenvalue weighted by molar-refractivity contribution is 5.92. The monoisotopic (exact) mass is 322 g/mol. The molecule has 122 valence electrons. The lowest BCUT2D eigenvalue weighted by Gasteiger charge is -2.08. The summed E-state index contributed by atoms with van der Waals surface area (Å²) in [7, 11) is 0. The molecule has 0 saturated carbocycles. The molecule has 0 fully saturated rings. The zero-order valence-electron chi connectivity index (χ0n) is 13.4. The van der Waals surface area contributed by atoms with E-state index in [-0.39, 0.29) is 18.3 Å². The molecule has 0 radical (unpaired) electrons. The van der Waals surface area contributed by atoms with E-state index < -0.39 is 0 Å². The molecule has 24 heavy (non-hydrogen) atoms. The Morgan fingerprint density at radius 2 is 1.92 bits per heavy atom. The Morgan fingerprint density at radius 1 is 1.17 bits per heavy atom. The molecule has 0 aliphatic rings. The molecule has 5 heteroatoms. The molecule has 5 nitrogen and oxygen atoms in total. The number of rotatable bonds is 7. The maximum Gasteiger partial charge on any atom is 0.262 e. The van der Waals surface area contributed by atoms with Crippen molar-refractivity contribution in [1.29, 1.82) is 5.26 Å². The van der Waals surface area contributed by atoms with Gasteiger partial charge >= 0.3 is 0 Å². The minimum absolute atomic E-state index is 0.121. The van der Waals surface area contributed by atoms with E-state index in [2.05, 4.69) is 5.32 Å². The van der Waals surface area contributed by atoms with E-state index in [0.29, 0.717) is 29.8 Å². The van der Waals surface area contributed by atoms with Crippen molar-refractivity contribution in [2.24, 2.45) is 0 Å². The summed E-state index contributed by atoms with van der Waals surface area (Å²) in [5.74, 6) is 0.445. The Balaban J connectivity index is 1.83. The molecule has 1 N–H and O–H groups in total. The lowest BCUT2D eigenvalue weighted by molar-refractivity contribution is -0.118. The van der Waals surface area contributed by atoms with Gasteiger partial charge < -0.3 is 14.8 Å². The molecule has 0 unspecified atom stereocenters. The van der Waals surface area contributed by atoms with Gasteiger partial charge in [0.1, 0.15) is 11.5 Å². The van der Waals surface area contributed by atoms with Crippen molar-refractivity contribution in [1.82, 2.24) is 0 Å². The van der Waals surface area contributed by atoms with Gasteiger partial charge in [-0.2, -0.15) is 5.26 Å². The van der Waals surface area contributed by atoms with Crippen molar-refractivity contribution in [3.63, 3.8) is 0 Å². The number of amides is 1. The lowest BCUT2D eigenvalue weighted by atomic mass is 10.1. The third-order valence-electron chi connectivity index (χ3n) is 3.33. The molecular formula is C19H18N2O3. The summed E-state index contributed by atoms with van der Waals surface area (Å²) in [5.41, 5.74) is 2.09. The highest BCUT2D eigenvalue weighted by atomic mass is 16.5. The van der Waals surface area contributed by atoms with Crippen molar-refractivity contribution in [2.45, 2.75) is 19.8 Å². The molecular weight excluding hydrogens is 304 g/mol. The topological polar surface area (TPSA) is 79.2 Å². The molecule has 1 amide bonds. The fourth-order valence-electron chi connectivity index (χ4n) is 2.09. The number of ketones is 1. The summed E-state index contributed by atoms with van der Waals surface area (Å²) in [6.07, 6.45) is 1.22. The van der Waals surface area contributed by atoms with Crippen LogP contribution in [0.15, 0.2) is 48.5 Å². The van der Waals surface area contributed by atoms with Crippen LogP contribution < -0.4 is 10.1 Å². The largest absolute Gasteiger partial charge is 0.484 e. The third-order valence-corrected chi connectivity index (χ3v) is 3.33. The first-order valence-corrected chi connectivity index (χ1v) is 7.58. The zero-order valence-corrected chi connectivity index (χ0v) is 13.4. The van der Waals surface area contributed by atoms with Gasteiger partial charge in [-0.05, 0) is 49.2 Å². The number of ether oxygens (including phenoxy) is 1. The smallest absolute Gasteiger partial charge is 0.262 e. The van der Waals surface area contributed by atoms with Crippen LogP contribution in [0.25, 0.3) is 0 Å². The Morgan fingerprint density at radius 3 is 2.58 bits per heavy atom. The Bertz CT molecular complexity index is 761. The normalized spacial score (nSPS) is 9.83. The van der Waals surface area contributed by atoms with E-state index in [1.807, 2.05) is 18.2 Å². The van der Waals surface area contributed by atoms with Crippen LogP contribution in [-0.4, -0.2) is 18.3 Å².